The number of carbonyl (C=O) groups excluding carboxylic acids is 1. The average Bonchev–Trinajstić information content (AvgIpc) is 3.34. The Balaban J connectivity index is 1.35. The molecule has 0 aromatic carbocycles. The van der Waals surface area contributed by atoms with E-state index in [4.69, 9.17) is 13.6 Å². The molecule has 1 aliphatic carbocycles. The second-order valence-electron chi connectivity index (χ2n) is 6.91. The van der Waals surface area contributed by atoms with Crippen molar-refractivity contribution in [2.75, 3.05) is 19.7 Å². The van der Waals surface area contributed by atoms with E-state index in [-0.39, 0.29) is 12.0 Å². The third kappa shape index (κ3) is 3.50. The van der Waals surface area contributed by atoms with Gasteiger partial charge in [0, 0.05) is 25.0 Å². The summed E-state index contributed by atoms with van der Waals surface area (Å²) in [6.07, 6.45) is 3.83. The monoisotopic (exact) mass is 344 g/mol. The van der Waals surface area contributed by atoms with Crippen LogP contribution in [0.3, 0.4) is 0 Å². The Labute approximate surface area is 147 Å². The lowest BCUT2D eigenvalue weighted by atomic mass is 10.0. The average molecular weight is 344 g/mol. The van der Waals surface area contributed by atoms with Gasteiger partial charge in [-0.05, 0) is 44.0 Å². The Morgan fingerprint density at radius 3 is 3.00 bits per heavy atom. The van der Waals surface area contributed by atoms with Crippen LogP contribution in [0.1, 0.15) is 34.9 Å². The molecule has 0 unspecified atom stereocenters. The lowest BCUT2D eigenvalue weighted by molar-refractivity contribution is -0.0773. The Kier molecular flexibility index (Phi) is 4.63. The molecule has 2 aromatic heterocycles. The van der Waals surface area contributed by atoms with Crippen LogP contribution in [0.2, 0.25) is 0 Å². The van der Waals surface area contributed by atoms with E-state index in [1.165, 1.54) is 6.26 Å². The Morgan fingerprint density at radius 1 is 1.32 bits per heavy atom. The molecule has 6 heteroatoms. The quantitative estimate of drug-likeness (QED) is 0.903. The van der Waals surface area contributed by atoms with E-state index in [2.05, 4.69) is 16.3 Å². The number of amides is 1. The summed E-state index contributed by atoms with van der Waals surface area (Å²) < 4.78 is 16.9. The van der Waals surface area contributed by atoms with Gasteiger partial charge < -0.3 is 18.9 Å². The van der Waals surface area contributed by atoms with Crippen LogP contribution in [0.25, 0.3) is 0 Å². The Hall–Kier alpha value is -2.05. The molecule has 2 fully saturated rings. The first-order valence-corrected chi connectivity index (χ1v) is 8.93. The maximum Gasteiger partial charge on any atom is 0.286 e. The number of carbonyl (C=O) groups is 1. The number of morpholine rings is 1. The highest BCUT2D eigenvalue weighted by Gasteiger charge is 2.42. The molecule has 6 nitrogen and oxygen atoms in total. The molecule has 25 heavy (non-hydrogen) atoms. The third-order valence-corrected chi connectivity index (χ3v) is 5.26. The van der Waals surface area contributed by atoms with Crippen molar-refractivity contribution in [1.82, 2.24) is 10.2 Å². The van der Waals surface area contributed by atoms with Crippen molar-refractivity contribution in [2.45, 2.75) is 38.5 Å². The minimum Gasteiger partial charge on any atom is -0.465 e. The zero-order valence-electron chi connectivity index (χ0n) is 14.4. The van der Waals surface area contributed by atoms with E-state index in [9.17, 15) is 4.79 Å². The predicted molar refractivity (Wildman–Crippen MR) is 91.1 cm³/mol. The van der Waals surface area contributed by atoms with Crippen LogP contribution in [-0.4, -0.2) is 42.6 Å². The maximum absolute atomic E-state index is 12.1. The van der Waals surface area contributed by atoms with Crippen LogP contribution in [-0.2, 0) is 11.3 Å². The van der Waals surface area contributed by atoms with Crippen LogP contribution >= 0.6 is 0 Å². The number of nitrogens with zero attached hydrogens (tertiary/aromatic N) is 1. The molecule has 134 valence electrons. The zero-order chi connectivity index (χ0) is 17.2. The van der Waals surface area contributed by atoms with Crippen molar-refractivity contribution in [2.24, 2.45) is 5.92 Å². The number of aryl methyl sites for hydroxylation is 1. The lowest BCUT2D eigenvalue weighted by Gasteiger charge is -2.38. The largest absolute Gasteiger partial charge is 0.465 e. The third-order valence-electron chi connectivity index (χ3n) is 5.26. The van der Waals surface area contributed by atoms with Gasteiger partial charge in [-0.3, -0.25) is 9.69 Å². The first-order chi connectivity index (χ1) is 12.2. The number of furan rings is 2. The normalized spacial score (nSPS) is 26.5. The molecule has 2 aromatic rings. The second kappa shape index (κ2) is 7.06. The number of ether oxygens (including phenoxy) is 1. The van der Waals surface area contributed by atoms with Gasteiger partial charge in [-0.15, -0.1) is 0 Å². The van der Waals surface area contributed by atoms with Crippen LogP contribution in [0.15, 0.2) is 39.4 Å². The molecule has 3 heterocycles. The zero-order valence-corrected chi connectivity index (χ0v) is 14.4. The minimum atomic E-state index is -0.160. The van der Waals surface area contributed by atoms with E-state index in [1.807, 2.05) is 13.0 Å². The molecule has 1 N–H and O–H groups in total. The van der Waals surface area contributed by atoms with Crippen molar-refractivity contribution in [3.63, 3.8) is 0 Å². The second-order valence-corrected chi connectivity index (χ2v) is 6.91. The van der Waals surface area contributed by atoms with Gasteiger partial charge in [0.15, 0.2) is 5.76 Å². The summed E-state index contributed by atoms with van der Waals surface area (Å²) in [4.78, 5) is 14.5. The fraction of sp³-hybridized carbons (Fsp3) is 0.526. The first-order valence-electron chi connectivity index (χ1n) is 8.93. The van der Waals surface area contributed by atoms with E-state index in [0.717, 1.165) is 44.1 Å². The summed E-state index contributed by atoms with van der Waals surface area (Å²) >= 11 is 0. The van der Waals surface area contributed by atoms with Crippen molar-refractivity contribution >= 4 is 5.91 Å². The smallest absolute Gasteiger partial charge is 0.286 e. The van der Waals surface area contributed by atoms with Gasteiger partial charge in [0.1, 0.15) is 11.5 Å². The molecule has 2 aliphatic rings. The maximum atomic E-state index is 12.1. The van der Waals surface area contributed by atoms with Crippen LogP contribution in [0.4, 0.5) is 0 Å². The molecule has 1 saturated heterocycles. The van der Waals surface area contributed by atoms with Crippen LogP contribution in [0, 0.1) is 12.8 Å². The number of rotatable bonds is 5. The molecular formula is C19H24N2O4. The highest BCUT2D eigenvalue weighted by atomic mass is 16.5. The summed E-state index contributed by atoms with van der Waals surface area (Å²) in [5, 5.41) is 2.98. The predicted octanol–water partition coefficient (Wildman–Crippen LogP) is 2.59. The molecule has 3 atom stereocenters. The molecule has 4 rings (SSSR count). The summed E-state index contributed by atoms with van der Waals surface area (Å²) in [6.45, 7) is 5.06. The van der Waals surface area contributed by atoms with E-state index >= 15 is 0 Å². The van der Waals surface area contributed by atoms with Gasteiger partial charge in [-0.1, -0.05) is 0 Å². The highest BCUT2D eigenvalue weighted by Crippen LogP contribution is 2.35. The summed E-state index contributed by atoms with van der Waals surface area (Å²) in [5.74, 6) is 2.49. The standard InChI is InChI=1S/C19H24N2O4/c1-13-4-6-15(25-13)12-21-8-10-24-18-14(5-7-16(18)21)11-20-19(22)17-3-2-9-23-17/h2-4,6,9,14,16,18H,5,7-8,10-12H2,1H3,(H,20,22)/t14-,16+,18+/m0/s1. The molecular weight excluding hydrogens is 320 g/mol. The van der Waals surface area contributed by atoms with Gasteiger partial charge in [-0.25, -0.2) is 0 Å². The van der Waals surface area contributed by atoms with Crippen LogP contribution in [0.5, 0.6) is 0 Å². The number of nitrogens with one attached hydrogen (secondary N) is 1. The topological polar surface area (TPSA) is 67.8 Å². The van der Waals surface area contributed by atoms with Gasteiger partial charge in [0.05, 0.1) is 25.5 Å². The molecule has 0 bridgehead atoms. The van der Waals surface area contributed by atoms with Gasteiger partial charge in [0.2, 0.25) is 0 Å². The minimum absolute atomic E-state index is 0.160. The fourth-order valence-electron chi connectivity index (χ4n) is 4.04. The Morgan fingerprint density at radius 2 is 2.24 bits per heavy atom. The van der Waals surface area contributed by atoms with Gasteiger partial charge in [-0.2, -0.15) is 0 Å². The molecule has 0 radical (unpaired) electrons. The molecule has 1 aliphatic heterocycles. The summed E-state index contributed by atoms with van der Waals surface area (Å²) in [7, 11) is 0. The van der Waals surface area contributed by atoms with E-state index in [1.54, 1.807) is 12.1 Å². The number of hydrogen-bond donors (Lipinski definition) is 1. The van der Waals surface area contributed by atoms with Crippen molar-refractivity contribution in [3.8, 4) is 0 Å². The summed E-state index contributed by atoms with van der Waals surface area (Å²) in [5.41, 5.74) is 0. The SMILES string of the molecule is Cc1ccc(CN2CCO[C@@H]3[C@H](CNC(=O)c4ccco4)CC[C@H]32)o1. The van der Waals surface area contributed by atoms with Crippen LogP contribution < -0.4 is 5.32 Å². The summed E-state index contributed by atoms with van der Waals surface area (Å²) in [6, 6.07) is 7.85. The lowest BCUT2D eigenvalue weighted by Crippen LogP contribution is -2.50. The van der Waals surface area contributed by atoms with Gasteiger partial charge >= 0.3 is 0 Å². The Bertz CT molecular complexity index is 709. The van der Waals surface area contributed by atoms with Crippen molar-refractivity contribution < 1.29 is 18.4 Å². The fourth-order valence-corrected chi connectivity index (χ4v) is 4.04. The van der Waals surface area contributed by atoms with Gasteiger partial charge in [0.25, 0.3) is 5.91 Å². The highest BCUT2D eigenvalue weighted by molar-refractivity contribution is 5.91. The number of hydrogen-bond acceptors (Lipinski definition) is 5. The first kappa shape index (κ1) is 16.4. The number of fused-ring (bicyclic) bond motifs is 1. The molecule has 1 saturated carbocycles. The van der Waals surface area contributed by atoms with E-state index in [0.29, 0.717) is 24.3 Å². The van der Waals surface area contributed by atoms with E-state index < -0.39 is 0 Å². The molecule has 0 spiro atoms. The van der Waals surface area contributed by atoms with Crippen molar-refractivity contribution in [1.29, 1.82) is 0 Å². The molecule has 1 amide bonds. The van der Waals surface area contributed by atoms with Crippen molar-refractivity contribution in [3.05, 3.63) is 47.8 Å².